The van der Waals surface area contributed by atoms with E-state index in [0.29, 0.717) is 15.4 Å². The van der Waals surface area contributed by atoms with Gasteiger partial charge in [-0.3, -0.25) is 9.59 Å². The minimum absolute atomic E-state index is 0.0635. The van der Waals surface area contributed by atoms with Crippen molar-refractivity contribution in [1.29, 1.82) is 5.26 Å². The molecule has 0 radical (unpaired) electrons. The highest BCUT2D eigenvalue weighted by molar-refractivity contribution is 7.89. The Morgan fingerprint density at radius 2 is 1.70 bits per heavy atom. The molecule has 8 heteroatoms. The number of hydrogen-bond donors (Lipinski definition) is 1. The smallest absolute Gasteiger partial charge is 0.267 e. The molecule has 0 aromatic heterocycles. The van der Waals surface area contributed by atoms with Gasteiger partial charge in [-0.25, -0.2) is 12.7 Å². The minimum Gasteiger partial charge on any atom is -0.350 e. The van der Waals surface area contributed by atoms with Gasteiger partial charge in [-0.2, -0.15) is 5.26 Å². The summed E-state index contributed by atoms with van der Waals surface area (Å²) < 4.78 is 26.4. The molecule has 0 unspecified atom stereocenters. The number of benzene rings is 2. The van der Waals surface area contributed by atoms with Crippen LogP contribution in [-0.2, 0) is 19.6 Å². The standard InChI is InChI=1S/C19H15N3O4S/c20-11-15-6-8-17(9-7-15)27(25,26)22-13-18(23)21-12-16(19(22)24)10-14-4-2-1-3-5-14/h1-10H,12-13H2,(H,21,23)/b16-10+. The van der Waals surface area contributed by atoms with Crippen molar-refractivity contribution in [2.24, 2.45) is 0 Å². The lowest BCUT2D eigenvalue weighted by molar-refractivity contribution is -0.127. The Labute approximate surface area is 156 Å². The summed E-state index contributed by atoms with van der Waals surface area (Å²) in [5.41, 5.74) is 1.16. The number of amides is 2. The SMILES string of the molecule is N#Cc1ccc(S(=O)(=O)N2CC(=O)NC/C(=C\c3ccccc3)C2=O)cc1. The topological polar surface area (TPSA) is 107 Å². The van der Waals surface area contributed by atoms with E-state index in [1.807, 2.05) is 12.1 Å². The van der Waals surface area contributed by atoms with Gasteiger partial charge >= 0.3 is 0 Å². The third-order valence-electron chi connectivity index (χ3n) is 3.98. The van der Waals surface area contributed by atoms with Crippen molar-refractivity contribution in [3.63, 3.8) is 0 Å². The molecule has 3 rings (SSSR count). The number of nitriles is 1. The van der Waals surface area contributed by atoms with Gasteiger partial charge in [0.2, 0.25) is 5.91 Å². The monoisotopic (exact) mass is 381 g/mol. The van der Waals surface area contributed by atoms with Crippen molar-refractivity contribution in [2.75, 3.05) is 13.1 Å². The van der Waals surface area contributed by atoms with Crippen molar-refractivity contribution in [3.8, 4) is 6.07 Å². The molecule has 136 valence electrons. The van der Waals surface area contributed by atoms with Crippen LogP contribution in [0.3, 0.4) is 0 Å². The average molecular weight is 381 g/mol. The average Bonchev–Trinajstić information content (AvgIpc) is 2.82. The first kappa shape index (κ1) is 18.4. The molecule has 7 nitrogen and oxygen atoms in total. The number of nitrogens with one attached hydrogen (secondary N) is 1. The van der Waals surface area contributed by atoms with Crippen molar-refractivity contribution in [3.05, 3.63) is 71.3 Å². The molecule has 2 amide bonds. The highest BCUT2D eigenvalue weighted by atomic mass is 32.2. The number of nitrogens with zero attached hydrogens (tertiary/aromatic N) is 2. The molecule has 27 heavy (non-hydrogen) atoms. The lowest BCUT2D eigenvalue weighted by atomic mass is 10.1. The fourth-order valence-corrected chi connectivity index (χ4v) is 3.93. The molecule has 0 saturated carbocycles. The van der Waals surface area contributed by atoms with Crippen molar-refractivity contribution in [1.82, 2.24) is 9.62 Å². The van der Waals surface area contributed by atoms with Crippen molar-refractivity contribution in [2.45, 2.75) is 4.90 Å². The van der Waals surface area contributed by atoms with Gasteiger partial charge in [0.05, 0.1) is 16.5 Å². The molecule has 0 spiro atoms. The Kier molecular flexibility index (Phi) is 5.05. The molecule has 1 fully saturated rings. The second-order valence-corrected chi connectivity index (χ2v) is 7.67. The number of rotatable bonds is 3. The molecule has 0 atom stereocenters. The summed E-state index contributed by atoms with van der Waals surface area (Å²) in [5.74, 6) is -1.33. The molecule has 1 aliphatic rings. The van der Waals surface area contributed by atoms with E-state index in [-0.39, 0.29) is 17.0 Å². The lowest BCUT2D eigenvalue weighted by Gasteiger charge is -2.20. The van der Waals surface area contributed by atoms with E-state index in [4.69, 9.17) is 5.26 Å². The van der Waals surface area contributed by atoms with Crippen LogP contribution >= 0.6 is 0 Å². The van der Waals surface area contributed by atoms with Gasteiger partial charge in [-0.15, -0.1) is 0 Å². The van der Waals surface area contributed by atoms with Crippen LogP contribution in [0.25, 0.3) is 6.08 Å². The van der Waals surface area contributed by atoms with E-state index < -0.39 is 28.4 Å². The summed E-state index contributed by atoms with van der Waals surface area (Å²) >= 11 is 0. The van der Waals surface area contributed by atoms with Crippen LogP contribution in [0.5, 0.6) is 0 Å². The molecule has 2 aromatic carbocycles. The van der Waals surface area contributed by atoms with Gasteiger partial charge < -0.3 is 5.32 Å². The zero-order valence-corrected chi connectivity index (χ0v) is 14.9. The van der Waals surface area contributed by atoms with E-state index in [1.165, 1.54) is 24.3 Å². The van der Waals surface area contributed by atoms with E-state index in [0.717, 1.165) is 0 Å². The maximum absolute atomic E-state index is 12.9. The normalized spacial score (nSPS) is 16.6. The quantitative estimate of drug-likeness (QED) is 0.806. The Balaban J connectivity index is 2.01. The number of hydrogen-bond acceptors (Lipinski definition) is 5. The van der Waals surface area contributed by atoms with Gasteiger partial charge in [0.25, 0.3) is 15.9 Å². The summed E-state index contributed by atoms with van der Waals surface area (Å²) in [6.45, 7) is -0.667. The molecule has 1 N–H and O–H groups in total. The summed E-state index contributed by atoms with van der Waals surface area (Å²) in [4.78, 5) is 24.7. The maximum Gasteiger partial charge on any atom is 0.267 e. The fraction of sp³-hybridized carbons (Fsp3) is 0.105. The van der Waals surface area contributed by atoms with Gasteiger partial charge in [-0.05, 0) is 35.9 Å². The van der Waals surface area contributed by atoms with Gasteiger partial charge in [-0.1, -0.05) is 30.3 Å². The Morgan fingerprint density at radius 1 is 1.04 bits per heavy atom. The Hall–Kier alpha value is -3.44. The van der Waals surface area contributed by atoms with Crippen LogP contribution in [0.4, 0.5) is 0 Å². The van der Waals surface area contributed by atoms with E-state index >= 15 is 0 Å². The third kappa shape index (κ3) is 3.88. The van der Waals surface area contributed by atoms with Crippen LogP contribution in [0, 0.1) is 11.3 Å². The van der Waals surface area contributed by atoms with Crippen LogP contribution in [0.2, 0.25) is 0 Å². The second kappa shape index (κ2) is 7.43. The third-order valence-corrected chi connectivity index (χ3v) is 5.72. The summed E-state index contributed by atoms with van der Waals surface area (Å²) in [6, 6.07) is 16.0. The first-order valence-electron chi connectivity index (χ1n) is 8.01. The number of carbonyl (C=O) groups excluding carboxylic acids is 2. The molecular formula is C19H15N3O4S. The molecular weight excluding hydrogens is 366 g/mol. The first-order valence-corrected chi connectivity index (χ1v) is 9.45. The van der Waals surface area contributed by atoms with E-state index in [2.05, 4.69) is 5.32 Å². The fourth-order valence-electron chi connectivity index (χ4n) is 2.57. The van der Waals surface area contributed by atoms with Crippen LogP contribution in [0.15, 0.2) is 65.1 Å². The Bertz CT molecular complexity index is 1050. The Morgan fingerprint density at radius 3 is 2.33 bits per heavy atom. The summed E-state index contributed by atoms with van der Waals surface area (Å²) in [6.07, 6.45) is 1.55. The highest BCUT2D eigenvalue weighted by Crippen LogP contribution is 2.21. The molecule has 0 aliphatic carbocycles. The van der Waals surface area contributed by atoms with Crippen LogP contribution in [0.1, 0.15) is 11.1 Å². The van der Waals surface area contributed by atoms with Gasteiger partial charge in [0.15, 0.2) is 0 Å². The largest absolute Gasteiger partial charge is 0.350 e. The summed E-state index contributed by atoms with van der Waals surface area (Å²) in [5, 5.41) is 11.4. The zero-order valence-electron chi connectivity index (χ0n) is 14.1. The molecule has 1 saturated heterocycles. The molecule has 0 bridgehead atoms. The summed E-state index contributed by atoms with van der Waals surface area (Å²) in [7, 11) is -4.24. The van der Waals surface area contributed by atoms with Crippen LogP contribution < -0.4 is 5.32 Å². The molecule has 1 heterocycles. The predicted octanol–water partition coefficient (Wildman–Crippen LogP) is 1.29. The van der Waals surface area contributed by atoms with E-state index in [9.17, 15) is 18.0 Å². The second-order valence-electron chi connectivity index (χ2n) is 5.81. The van der Waals surface area contributed by atoms with Crippen molar-refractivity contribution < 1.29 is 18.0 Å². The number of sulfonamides is 1. The lowest BCUT2D eigenvalue weighted by Crippen LogP contribution is -2.40. The molecule has 2 aromatic rings. The highest BCUT2D eigenvalue weighted by Gasteiger charge is 2.35. The van der Waals surface area contributed by atoms with Gasteiger partial charge in [0, 0.05) is 12.1 Å². The van der Waals surface area contributed by atoms with Gasteiger partial charge in [0.1, 0.15) is 6.54 Å². The minimum atomic E-state index is -4.24. The van der Waals surface area contributed by atoms with Crippen molar-refractivity contribution >= 4 is 27.9 Å². The van der Waals surface area contributed by atoms with Crippen LogP contribution in [-0.4, -0.2) is 37.6 Å². The maximum atomic E-state index is 12.9. The van der Waals surface area contributed by atoms with E-state index in [1.54, 1.807) is 30.3 Å². The zero-order chi connectivity index (χ0) is 19.4. The first-order chi connectivity index (χ1) is 12.9. The molecule has 1 aliphatic heterocycles. The number of carbonyl (C=O) groups is 2. The predicted molar refractivity (Wildman–Crippen MR) is 97.5 cm³/mol.